The number of unbranched alkanes of at least 4 members (excludes halogenated alkanes) is 4. The monoisotopic (exact) mass is 456 g/mol. The quantitative estimate of drug-likeness (QED) is 0.239. The van der Waals surface area contributed by atoms with Crippen LogP contribution >= 0.6 is 0 Å². The van der Waals surface area contributed by atoms with Gasteiger partial charge in [-0.1, -0.05) is 43.2 Å². The summed E-state index contributed by atoms with van der Waals surface area (Å²) in [4.78, 5) is 11.5. The maximum atomic E-state index is 11.5. The number of phenols is 1. The molecule has 3 rings (SSSR count). The summed E-state index contributed by atoms with van der Waals surface area (Å²) in [6.45, 7) is 2.72. The summed E-state index contributed by atoms with van der Waals surface area (Å²) < 4.78 is 11.2. The maximum absolute atomic E-state index is 11.5. The fraction of sp³-hybridized carbons (Fsp3) is 0.500. The molecule has 0 fully saturated rings. The Labute approximate surface area is 196 Å². The second-order valence-electron chi connectivity index (χ2n) is 8.40. The Kier molecular flexibility index (Phi) is 10.5. The van der Waals surface area contributed by atoms with Crippen LogP contribution in [0.5, 0.6) is 11.5 Å². The number of benzene rings is 2. The molecule has 0 aliphatic carbocycles. The second-order valence-corrected chi connectivity index (χ2v) is 8.40. The van der Waals surface area contributed by atoms with Crippen LogP contribution < -0.4 is 15.4 Å². The Morgan fingerprint density at radius 2 is 1.76 bits per heavy atom. The average molecular weight is 457 g/mol. The van der Waals surface area contributed by atoms with E-state index in [9.17, 15) is 15.0 Å². The summed E-state index contributed by atoms with van der Waals surface area (Å²) in [5, 5.41) is 26.3. The Morgan fingerprint density at radius 3 is 2.58 bits per heavy atom. The van der Waals surface area contributed by atoms with Crippen LogP contribution in [0.3, 0.4) is 0 Å². The molecule has 0 spiro atoms. The predicted molar refractivity (Wildman–Crippen MR) is 129 cm³/mol. The highest BCUT2D eigenvalue weighted by atomic mass is 16.5. The number of aryl methyl sites for hydroxylation is 1. The molecular weight excluding hydrogens is 420 g/mol. The predicted octanol–water partition coefficient (Wildman–Crippen LogP) is 3.95. The lowest BCUT2D eigenvalue weighted by Gasteiger charge is -2.23. The van der Waals surface area contributed by atoms with E-state index in [0.717, 1.165) is 64.7 Å². The molecule has 1 aliphatic rings. The number of aliphatic hydroxyl groups excluding tert-OH is 1. The van der Waals surface area contributed by atoms with E-state index in [-0.39, 0.29) is 24.0 Å². The number of rotatable bonds is 15. The van der Waals surface area contributed by atoms with Crippen LogP contribution in [0.25, 0.3) is 0 Å². The minimum absolute atomic E-state index is 0.0712. The molecule has 2 aromatic carbocycles. The van der Waals surface area contributed by atoms with Gasteiger partial charge in [0.2, 0.25) is 0 Å². The number of nitrogens with one attached hydrogen (secondary N) is 2. The van der Waals surface area contributed by atoms with E-state index < -0.39 is 6.10 Å². The van der Waals surface area contributed by atoms with Crippen LogP contribution in [0.4, 0.5) is 5.69 Å². The topological polar surface area (TPSA) is 100 Å². The SMILES string of the molecule is O=C1COc2c(C(O)CNCCCCCCOCCCCc3ccccc3)ccc(O)c2N1. The number of fused-ring (bicyclic) bond motifs is 1. The number of ether oxygens (including phenoxy) is 2. The van der Waals surface area contributed by atoms with E-state index in [1.165, 1.54) is 11.6 Å². The Hall–Kier alpha value is -2.61. The molecule has 33 heavy (non-hydrogen) atoms. The summed E-state index contributed by atoms with van der Waals surface area (Å²) in [6, 6.07) is 13.6. The van der Waals surface area contributed by atoms with Gasteiger partial charge >= 0.3 is 0 Å². The van der Waals surface area contributed by atoms with Crippen molar-refractivity contribution in [2.24, 2.45) is 0 Å². The van der Waals surface area contributed by atoms with Gasteiger partial charge in [-0.3, -0.25) is 4.79 Å². The highest BCUT2D eigenvalue weighted by Gasteiger charge is 2.25. The van der Waals surface area contributed by atoms with Crippen LogP contribution in [0.15, 0.2) is 42.5 Å². The lowest BCUT2D eigenvalue weighted by atomic mass is 10.0. The number of hydrogen-bond donors (Lipinski definition) is 4. The number of amides is 1. The Morgan fingerprint density at radius 1 is 1.00 bits per heavy atom. The van der Waals surface area contributed by atoms with Crippen molar-refractivity contribution in [3.8, 4) is 11.5 Å². The van der Waals surface area contributed by atoms with E-state index in [0.29, 0.717) is 17.9 Å². The van der Waals surface area contributed by atoms with Crippen LogP contribution in [-0.4, -0.2) is 49.0 Å². The van der Waals surface area contributed by atoms with Gasteiger partial charge in [-0.2, -0.15) is 0 Å². The van der Waals surface area contributed by atoms with Gasteiger partial charge in [-0.05, 0) is 56.3 Å². The lowest BCUT2D eigenvalue weighted by molar-refractivity contribution is -0.118. The largest absolute Gasteiger partial charge is 0.506 e. The average Bonchev–Trinajstić information content (AvgIpc) is 2.83. The lowest BCUT2D eigenvalue weighted by Crippen LogP contribution is -2.28. The van der Waals surface area contributed by atoms with Crippen molar-refractivity contribution >= 4 is 11.6 Å². The first-order chi connectivity index (χ1) is 16.1. The second kappa shape index (κ2) is 13.8. The summed E-state index contributed by atoms with van der Waals surface area (Å²) in [5.41, 5.74) is 2.17. The van der Waals surface area contributed by atoms with Crippen LogP contribution in [0, 0.1) is 0 Å². The Bertz CT molecular complexity index is 859. The van der Waals surface area contributed by atoms with Crippen molar-refractivity contribution in [1.29, 1.82) is 0 Å². The number of hydrogen-bond acceptors (Lipinski definition) is 6. The van der Waals surface area contributed by atoms with Crippen LogP contribution in [0.2, 0.25) is 0 Å². The van der Waals surface area contributed by atoms with Gasteiger partial charge in [0.05, 0.1) is 6.10 Å². The molecule has 1 unspecified atom stereocenters. The molecule has 7 heteroatoms. The number of phenolic OH excluding ortho intramolecular Hbond substituents is 1. The van der Waals surface area contributed by atoms with E-state index in [1.54, 1.807) is 6.07 Å². The first-order valence-electron chi connectivity index (χ1n) is 11.9. The molecular formula is C26H36N2O5. The third-order valence-corrected chi connectivity index (χ3v) is 5.71. The van der Waals surface area contributed by atoms with Gasteiger partial charge in [0.25, 0.3) is 5.91 Å². The minimum atomic E-state index is -0.787. The molecule has 0 saturated carbocycles. The van der Waals surface area contributed by atoms with E-state index in [1.807, 2.05) is 6.07 Å². The molecule has 0 saturated heterocycles. The molecule has 1 atom stereocenters. The fourth-order valence-corrected chi connectivity index (χ4v) is 3.88. The van der Waals surface area contributed by atoms with E-state index in [2.05, 4.69) is 34.9 Å². The van der Waals surface area contributed by atoms with Gasteiger partial charge < -0.3 is 30.3 Å². The zero-order valence-electron chi connectivity index (χ0n) is 19.2. The van der Waals surface area contributed by atoms with E-state index >= 15 is 0 Å². The summed E-state index contributed by atoms with van der Waals surface area (Å²) in [6.07, 6.45) is 6.94. The highest BCUT2D eigenvalue weighted by molar-refractivity contribution is 5.97. The van der Waals surface area contributed by atoms with Gasteiger partial charge in [0, 0.05) is 25.3 Å². The van der Waals surface area contributed by atoms with Gasteiger partial charge in [0.1, 0.15) is 11.4 Å². The molecule has 0 bridgehead atoms. The fourth-order valence-electron chi connectivity index (χ4n) is 3.88. The van der Waals surface area contributed by atoms with Gasteiger partial charge in [0.15, 0.2) is 12.4 Å². The molecule has 7 nitrogen and oxygen atoms in total. The van der Waals surface area contributed by atoms with Crippen molar-refractivity contribution in [3.63, 3.8) is 0 Å². The molecule has 0 aromatic heterocycles. The standard InChI is InChI=1S/C26H36N2O5/c29-22-14-13-21(26-25(22)28-24(31)19-33-26)23(30)18-27-15-7-1-2-8-16-32-17-9-6-12-20-10-4-3-5-11-20/h3-5,10-11,13-14,23,27,29-30H,1-2,6-9,12,15-19H2,(H,28,31). The zero-order chi connectivity index (χ0) is 23.3. The minimum Gasteiger partial charge on any atom is -0.506 e. The number of carbonyl (C=O) groups excluding carboxylic acids is 1. The summed E-state index contributed by atoms with van der Waals surface area (Å²) in [7, 11) is 0. The van der Waals surface area contributed by atoms with Crippen LogP contribution in [-0.2, 0) is 16.0 Å². The smallest absolute Gasteiger partial charge is 0.262 e. The molecule has 4 N–H and O–H groups in total. The van der Waals surface area contributed by atoms with Crippen molar-refractivity contribution in [1.82, 2.24) is 5.32 Å². The molecule has 2 aromatic rings. The maximum Gasteiger partial charge on any atom is 0.262 e. The Balaban J connectivity index is 1.18. The first-order valence-corrected chi connectivity index (χ1v) is 11.9. The van der Waals surface area contributed by atoms with E-state index in [4.69, 9.17) is 9.47 Å². The van der Waals surface area contributed by atoms with Crippen molar-refractivity contribution in [2.75, 3.05) is 38.2 Å². The molecule has 1 aliphatic heterocycles. The third-order valence-electron chi connectivity index (χ3n) is 5.71. The number of aliphatic hydroxyl groups is 1. The molecule has 180 valence electrons. The van der Waals surface area contributed by atoms with Gasteiger partial charge in [-0.15, -0.1) is 0 Å². The van der Waals surface area contributed by atoms with Crippen molar-refractivity contribution in [3.05, 3.63) is 53.6 Å². The number of anilines is 1. The van der Waals surface area contributed by atoms with Gasteiger partial charge in [-0.25, -0.2) is 0 Å². The number of aromatic hydroxyl groups is 1. The van der Waals surface area contributed by atoms with Crippen molar-refractivity contribution < 1.29 is 24.5 Å². The van der Waals surface area contributed by atoms with Crippen LogP contribution in [0.1, 0.15) is 55.8 Å². The molecule has 1 heterocycles. The summed E-state index contributed by atoms with van der Waals surface area (Å²) in [5.74, 6) is -0.0573. The number of carbonyl (C=O) groups is 1. The third kappa shape index (κ3) is 8.35. The zero-order valence-corrected chi connectivity index (χ0v) is 19.2. The highest BCUT2D eigenvalue weighted by Crippen LogP contribution is 2.41. The molecule has 0 radical (unpaired) electrons. The van der Waals surface area contributed by atoms with Crippen molar-refractivity contribution in [2.45, 2.75) is 51.0 Å². The normalized spacial score (nSPS) is 13.8. The molecule has 1 amide bonds. The summed E-state index contributed by atoms with van der Waals surface area (Å²) >= 11 is 0. The first kappa shape index (κ1) is 25.0.